The number of hydrogen-bond donors (Lipinski definition) is 2. The first-order valence-corrected chi connectivity index (χ1v) is 12.3. The molecule has 0 spiro atoms. The molecule has 0 atom stereocenters. The summed E-state index contributed by atoms with van der Waals surface area (Å²) in [5, 5.41) is 17.0. The largest absolute Gasteiger partial charge is 1.00 e. The minimum Gasteiger partial charge on any atom is -0.744 e. The van der Waals surface area contributed by atoms with E-state index in [1.807, 2.05) is 0 Å². The predicted molar refractivity (Wildman–Crippen MR) is 105 cm³/mol. The third-order valence-corrected chi connectivity index (χ3v) is 6.62. The molecule has 0 bridgehead atoms. The molecule has 3 aromatic rings. The summed E-state index contributed by atoms with van der Waals surface area (Å²) in [6.45, 7) is 0. The molecular formula is C16H10N3Na3O10S3. The maximum Gasteiger partial charge on any atom is 1.00 e. The van der Waals surface area contributed by atoms with E-state index in [2.05, 4.69) is 10.2 Å². The molecule has 0 fully saturated rings. The number of nitrogens with zero attached hydrogens (tertiary/aromatic N) is 2. The van der Waals surface area contributed by atoms with Crippen molar-refractivity contribution in [1.29, 1.82) is 0 Å². The summed E-state index contributed by atoms with van der Waals surface area (Å²) < 4.78 is 102. The average molecular weight is 569 g/mol. The van der Waals surface area contributed by atoms with Crippen LogP contribution in [0.3, 0.4) is 0 Å². The molecule has 19 heteroatoms. The number of hydrogen-bond acceptors (Lipinski definition) is 13. The number of benzene rings is 3. The van der Waals surface area contributed by atoms with Crippen LogP contribution in [0, 0.1) is 0 Å². The van der Waals surface area contributed by atoms with E-state index in [-0.39, 0.29) is 105 Å². The fraction of sp³-hybridized carbons (Fsp3) is 0. The summed E-state index contributed by atoms with van der Waals surface area (Å²) in [7, 11) is -15.0. The molecule has 3 rings (SSSR count). The second-order valence-electron chi connectivity index (χ2n) is 6.24. The topological polar surface area (TPSA) is 243 Å². The first-order valence-electron chi connectivity index (χ1n) is 8.08. The molecule has 0 saturated heterocycles. The second kappa shape index (κ2) is 12.6. The molecule has 0 aliphatic heterocycles. The molecule has 3 N–H and O–H groups in total. The number of fused-ring (bicyclic) bond motifs is 1. The van der Waals surface area contributed by atoms with Gasteiger partial charge in [-0.25, -0.2) is 25.3 Å². The SMILES string of the molecule is Nc1cc(S(=O)(=O)[O-])cc2cc(S(=O)(=O)[O-])c(N=Nc3ccc(S(=O)(=O)[O-])cc3)c(O)c12.[Na+].[Na+].[Na+]. The first-order chi connectivity index (χ1) is 14.6. The maximum atomic E-state index is 11.7. The third-order valence-electron chi connectivity index (χ3n) is 4.10. The van der Waals surface area contributed by atoms with Crippen molar-refractivity contribution in [3.8, 4) is 5.75 Å². The fourth-order valence-corrected chi connectivity index (χ4v) is 4.37. The van der Waals surface area contributed by atoms with Gasteiger partial charge in [0, 0.05) is 11.1 Å². The zero-order valence-electron chi connectivity index (χ0n) is 18.4. The Kier molecular flexibility index (Phi) is 12.5. The smallest absolute Gasteiger partial charge is 0.744 e. The van der Waals surface area contributed by atoms with Crippen molar-refractivity contribution in [3.05, 3.63) is 42.5 Å². The molecule has 0 heterocycles. The van der Waals surface area contributed by atoms with E-state index in [1.165, 1.54) is 0 Å². The van der Waals surface area contributed by atoms with Gasteiger partial charge in [0.2, 0.25) is 0 Å². The number of azo groups is 1. The van der Waals surface area contributed by atoms with E-state index < -0.39 is 62.2 Å². The Morgan fingerprint density at radius 2 is 1.23 bits per heavy atom. The summed E-state index contributed by atoms with van der Waals surface area (Å²) >= 11 is 0. The Labute approximate surface area is 266 Å². The van der Waals surface area contributed by atoms with Gasteiger partial charge in [-0.2, -0.15) is 5.11 Å². The van der Waals surface area contributed by atoms with Gasteiger partial charge in [0.1, 0.15) is 36.0 Å². The third kappa shape index (κ3) is 8.17. The van der Waals surface area contributed by atoms with Gasteiger partial charge in [0.15, 0.2) is 5.75 Å². The zero-order chi connectivity index (χ0) is 24.1. The van der Waals surface area contributed by atoms with Gasteiger partial charge in [0.25, 0.3) is 0 Å². The quantitative estimate of drug-likeness (QED) is 0.126. The molecule has 13 nitrogen and oxygen atoms in total. The van der Waals surface area contributed by atoms with Crippen LogP contribution in [0.1, 0.15) is 0 Å². The number of phenols is 1. The molecule has 0 aromatic heterocycles. The monoisotopic (exact) mass is 569 g/mol. The molecule has 0 aliphatic rings. The number of phenolic OH excluding ortho intramolecular Hbond substituents is 1. The Hall–Kier alpha value is -0.150. The Morgan fingerprint density at radius 1 is 0.714 bits per heavy atom. The summed E-state index contributed by atoms with van der Waals surface area (Å²) in [4.78, 5) is -2.48. The van der Waals surface area contributed by atoms with Gasteiger partial charge in [-0.1, -0.05) is 0 Å². The summed E-state index contributed by atoms with van der Waals surface area (Å²) in [5.41, 5.74) is 4.36. The van der Waals surface area contributed by atoms with Crippen LogP contribution in [0.4, 0.5) is 17.1 Å². The number of nitrogens with two attached hydrogens (primary N) is 1. The van der Waals surface area contributed by atoms with E-state index in [9.17, 15) is 44.0 Å². The Balaban J connectivity index is 0.00000385. The van der Waals surface area contributed by atoms with Crippen molar-refractivity contribution in [2.24, 2.45) is 10.2 Å². The van der Waals surface area contributed by atoms with Crippen LogP contribution in [0.5, 0.6) is 5.75 Å². The van der Waals surface area contributed by atoms with Gasteiger partial charge < -0.3 is 24.5 Å². The fourth-order valence-electron chi connectivity index (χ4n) is 2.71. The van der Waals surface area contributed by atoms with Crippen LogP contribution in [0.25, 0.3) is 10.8 Å². The summed E-state index contributed by atoms with van der Waals surface area (Å²) in [6, 6.07) is 6.05. The van der Waals surface area contributed by atoms with Gasteiger partial charge in [-0.15, -0.1) is 5.11 Å². The van der Waals surface area contributed by atoms with Gasteiger partial charge in [0.05, 0.1) is 20.4 Å². The molecule has 3 aromatic carbocycles. The number of nitrogen functional groups attached to an aromatic ring is 1. The van der Waals surface area contributed by atoms with E-state index in [0.29, 0.717) is 6.07 Å². The molecule has 0 radical (unpaired) electrons. The van der Waals surface area contributed by atoms with Crippen molar-refractivity contribution in [1.82, 2.24) is 0 Å². The normalized spacial score (nSPS) is 12.0. The van der Waals surface area contributed by atoms with Crippen LogP contribution >= 0.6 is 0 Å². The molecule has 35 heavy (non-hydrogen) atoms. The van der Waals surface area contributed by atoms with Crippen molar-refractivity contribution < 1.29 is 133 Å². The van der Waals surface area contributed by atoms with Crippen LogP contribution in [-0.4, -0.2) is 44.0 Å². The van der Waals surface area contributed by atoms with Crippen LogP contribution in [0.2, 0.25) is 0 Å². The minimum absolute atomic E-state index is 0. The van der Waals surface area contributed by atoms with E-state index >= 15 is 0 Å². The van der Waals surface area contributed by atoms with Crippen LogP contribution in [0.15, 0.2) is 67.4 Å². The average Bonchev–Trinajstić information content (AvgIpc) is 2.64. The molecular weight excluding hydrogens is 559 g/mol. The van der Waals surface area contributed by atoms with Gasteiger partial charge in [-0.3, -0.25) is 0 Å². The standard InChI is InChI=1S/C16H13N3O10S3.3Na/c17-12-7-11(31(24,25)26)5-8-6-13(32(27,28)29)15(16(20)14(8)12)19-18-9-1-3-10(4-2-9)30(21,22)23;;;/h1-7,20H,17H2,(H,21,22,23)(H,24,25,26)(H,27,28,29);;;/q;3*+1/p-3. The second-order valence-corrected chi connectivity index (χ2v) is 10.3. The number of rotatable bonds is 5. The van der Waals surface area contributed by atoms with Crippen molar-refractivity contribution >= 4 is 58.2 Å². The molecule has 0 amide bonds. The van der Waals surface area contributed by atoms with Gasteiger partial charge in [-0.05, 0) is 47.9 Å². The predicted octanol–water partition coefficient (Wildman–Crippen LogP) is -7.73. The molecule has 170 valence electrons. The molecule has 0 aliphatic carbocycles. The van der Waals surface area contributed by atoms with Crippen molar-refractivity contribution in [2.75, 3.05) is 5.73 Å². The van der Waals surface area contributed by atoms with Gasteiger partial charge >= 0.3 is 88.7 Å². The Morgan fingerprint density at radius 3 is 1.69 bits per heavy atom. The summed E-state index contributed by atoms with van der Waals surface area (Å²) in [6.07, 6.45) is 0. The first kappa shape index (κ1) is 34.9. The van der Waals surface area contributed by atoms with E-state index in [0.717, 1.165) is 36.4 Å². The number of aromatic hydroxyl groups is 1. The van der Waals surface area contributed by atoms with Crippen molar-refractivity contribution in [3.63, 3.8) is 0 Å². The molecule has 0 unspecified atom stereocenters. The summed E-state index contributed by atoms with van der Waals surface area (Å²) in [5.74, 6) is -0.938. The minimum atomic E-state index is -5.29. The van der Waals surface area contributed by atoms with E-state index in [4.69, 9.17) is 5.73 Å². The Bertz CT molecular complexity index is 1610. The maximum absolute atomic E-state index is 11.7. The van der Waals surface area contributed by atoms with Crippen LogP contribution in [-0.2, 0) is 30.4 Å². The number of anilines is 1. The zero-order valence-corrected chi connectivity index (χ0v) is 26.8. The molecule has 0 saturated carbocycles. The van der Waals surface area contributed by atoms with E-state index in [1.54, 1.807) is 0 Å². The van der Waals surface area contributed by atoms with Crippen molar-refractivity contribution in [2.45, 2.75) is 14.7 Å². The van der Waals surface area contributed by atoms with Crippen LogP contribution < -0.4 is 94.4 Å².